The number of hydrogen-bond donors (Lipinski definition) is 1. The van der Waals surface area contributed by atoms with Crippen molar-refractivity contribution in [1.29, 1.82) is 0 Å². The fourth-order valence-electron chi connectivity index (χ4n) is 3.02. The first-order chi connectivity index (χ1) is 11.5. The van der Waals surface area contributed by atoms with E-state index in [1.807, 2.05) is 50.2 Å². The summed E-state index contributed by atoms with van der Waals surface area (Å²) >= 11 is 3.42. The molecule has 1 aliphatic heterocycles. The van der Waals surface area contributed by atoms with Gasteiger partial charge in [-0.15, -0.1) is 0 Å². The number of amides is 2. The Hall–Kier alpha value is -2.14. The van der Waals surface area contributed by atoms with Gasteiger partial charge in [0.05, 0.1) is 11.6 Å². The van der Waals surface area contributed by atoms with E-state index in [-0.39, 0.29) is 24.2 Å². The molecular formula is C19H19BrN2O2. The molecule has 2 aromatic rings. The molecule has 124 valence electrons. The number of nitrogens with zero attached hydrogens (tertiary/aromatic N) is 1. The minimum Gasteiger partial charge on any atom is -0.325 e. The molecular weight excluding hydrogens is 368 g/mol. The van der Waals surface area contributed by atoms with Crippen LogP contribution in [0.15, 0.2) is 46.9 Å². The van der Waals surface area contributed by atoms with Gasteiger partial charge in [-0.3, -0.25) is 9.59 Å². The SMILES string of the molecule is Cc1ccc(N2CC(C(=O)Nc3ccccc3Br)CC2=O)c(C)c1. The highest BCUT2D eigenvalue weighted by Gasteiger charge is 2.35. The van der Waals surface area contributed by atoms with Crippen LogP contribution in [0.4, 0.5) is 11.4 Å². The van der Waals surface area contributed by atoms with Crippen LogP contribution in [0.1, 0.15) is 17.5 Å². The van der Waals surface area contributed by atoms with Crippen LogP contribution in [0.25, 0.3) is 0 Å². The average molecular weight is 387 g/mol. The molecule has 1 heterocycles. The first-order valence-corrected chi connectivity index (χ1v) is 8.68. The molecule has 4 nitrogen and oxygen atoms in total. The van der Waals surface area contributed by atoms with Crippen molar-refractivity contribution < 1.29 is 9.59 Å². The number of aryl methyl sites for hydroxylation is 2. The van der Waals surface area contributed by atoms with Crippen molar-refractivity contribution in [2.75, 3.05) is 16.8 Å². The van der Waals surface area contributed by atoms with E-state index in [0.717, 1.165) is 27.0 Å². The zero-order valence-corrected chi connectivity index (χ0v) is 15.3. The van der Waals surface area contributed by atoms with Crippen LogP contribution in [0, 0.1) is 19.8 Å². The molecule has 1 unspecified atom stereocenters. The van der Waals surface area contributed by atoms with Crippen LogP contribution in [-0.2, 0) is 9.59 Å². The van der Waals surface area contributed by atoms with E-state index in [1.54, 1.807) is 4.90 Å². The van der Waals surface area contributed by atoms with E-state index in [9.17, 15) is 9.59 Å². The molecule has 3 rings (SSSR count). The van der Waals surface area contributed by atoms with Crippen molar-refractivity contribution in [3.8, 4) is 0 Å². The second-order valence-electron chi connectivity index (χ2n) is 6.16. The maximum absolute atomic E-state index is 12.5. The molecule has 2 amide bonds. The first kappa shape index (κ1) is 16.7. The van der Waals surface area contributed by atoms with E-state index >= 15 is 0 Å². The molecule has 1 N–H and O–H groups in total. The van der Waals surface area contributed by atoms with Gasteiger partial charge in [0.2, 0.25) is 11.8 Å². The van der Waals surface area contributed by atoms with Crippen LogP contribution < -0.4 is 10.2 Å². The van der Waals surface area contributed by atoms with Gasteiger partial charge in [-0.2, -0.15) is 0 Å². The summed E-state index contributed by atoms with van der Waals surface area (Å²) in [6, 6.07) is 13.5. The predicted octanol–water partition coefficient (Wildman–Crippen LogP) is 4.06. The Morgan fingerprint density at radius 2 is 1.96 bits per heavy atom. The maximum atomic E-state index is 12.5. The smallest absolute Gasteiger partial charge is 0.229 e. The predicted molar refractivity (Wildman–Crippen MR) is 99.1 cm³/mol. The number of nitrogens with one attached hydrogen (secondary N) is 1. The second-order valence-corrected chi connectivity index (χ2v) is 7.02. The lowest BCUT2D eigenvalue weighted by Gasteiger charge is -2.19. The maximum Gasteiger partial charge on any atom is 0.229 e. The normalized spacial score (nSPS) is 17.2. The lowest BCUT2D eigenvalue weighted by atomic mass is 10.1. The van der Waals surface area contributed by atoms with E-state index in [4.69, 9.17) is 0 Å². The van der Waals surface area contributed by atoms with Gasteiger partial charge in [-0.25, -0.2) is 0 Å². The Labute approximate surface area is 150 Å². The van der Waals surface area contributed by atoms with Crippen molar-refractivity contribution in [3.63, 3.8) is 0 Å². The molecule has 1 fully saturated rings. The molecule has 0 aliphatic carbocycles. The van der Waals surface area contributed by atoms with Gasteiger partial charge >= 0.3 is 0 Å². The minimum absolute atomic E-state index is 0.00534. The number of hydrogen-bond acceptors (Lipinski definition) is 2. The van der Waals surface area contributed by atoms with E-state index < -0.39 is 0 Å². The average Bonchev–Trinajstić information content (AvgIpc) is 2.91. The summed E-state index contributed by atoms with van der Waals surface area (Å²) in [5, 5.41) is 2.90. The quantitative estimate of drug-likeness (QED) is 0.864. The lowest BCUT2D eigenvalue weighted by molar-refractivity contribution is -0.122. The van der Waals surface area contributed by atoms with Crippen molar-refractivity contribution in [1.82, 2.24) is 0 Å². The van der Waals surface area contributed by atoms with E-state index in [1.165, 1.54) is 0 Å². The standard InChI is InChI=1S/C19H19BrN2O2/c1-12-7-8-17(13(2)9-12)22-11-14(10-18(22)23)19(24)21-16-6-4-3-5-15(16)20/h3-9,14H,10-11H2,1-2H3,(H,21,24). The Bertz CT molecular complexity index is 804. The third-order valence-corrected chi connectivity index (χ3v) is 4.96. The Morgan fingerprint density at radius 3 is 2.67 bits per heavy atom. The molecule has 0 bridgehead atoms. The number of benzene rings is 2. The number of carbonyl (C=O) groups excluding carboxylic acids is 2. The van der Waals surface area contributed by atoms with Gasteiger partial charge in [-0.05, 0) is 53.5 Å². The van der Waals surface area contributed by atoms with Gasteiger partial charge in [0.1, 0.15) is 0 Å². The van der Waals surface area contributed by atoms with Gasteiger partial charge in [0, 0.05) is 23.1 Å². The molecule has 0 aromatic heterocycles. The molecule has 0 spiro atoms. The fraction of sp³-hybridized carbons (Fsp3) is 0.263. The molecule has 5 heteroatoms. The Kier molecular flexibility index (Phi) is 4.71. The zero-order chi connectivity index (χ0) is 17.3. The fourth-order valence-corrected chi connectivity index (χ4v) is 3.41. The summed E-state index contributed by atoms with van der Waals surface area (Å²) < 4.78 is 0.828. The minimum atomic E-state index is -0.342. The number of carbonyl (C=O) groups is 2. The molecule has 1 saturated heterocycles. The second kappa shape index (κ2) is 6.77. The van der Waals surface area contributed by atoms with E-state index in [0.29, 0.717) is 6.54 Å². The number of halogens is 1. The highest BCUT2D eigenvalue weighted by Crippen LogP contribution is 2.30. The summed E-state index contributed by atoms with van der Waals surface area (Å²) in [5.74, 6) is -0.470. The van der Waals surface area contributed by atoms with Gasteiger partial charge < -0.3 is 10.2 Å². The molecule has 0 radical (unpaired) electrons. The molecule has 1 aliphatic rings. The summed E-state index contributed by atoms with van der Waals surface area (Å²) in [6.07, 6.45) is 0.240. The molecule has 24 heavy (non-hydrogen) atoms. The van der Waals surface area contributed by atoms with Crippen molar-refractivity contribution in [3.05, 3.63) is 58.1 Å². The van der Waals surface area contributed by atoms with Gasteiger partial charge in [0.15, 0.2) is 0 Å². The van der Waals surface area contributed by atoms with Crippen LogP contribution in [-0.4, -0.2) is 18.4 Å². The molecule has 1 atom stereocenters. The number of para-hydroxylation sites is 1. The lowest BCUT2D eigenvalue weighted by Crippen LogP contribution is -2.28. The van der Waals surface area contributed by atoms with Crippen LogP contribution >= 0.6 is 15.9 Å². The summed E-state index contributed by atoms with van der Waals surface area (Å²) in [6.45, 7) is 4.43. The third kappa shape index (κ3) is 3.36. The summed E-state index contributed by atoms with van der Waals surface area (Å²) in [7, 11) is 0. The van der Waals surface area contributed by atoms with Crippen LogP contribution in [0.5, 0.6) is 0 Å². The van der Waals surface area contributed by atoms with Crippen molar-refractivity contribution in [2.45, 2.75) is 20.3 Å². The monoisotopic (exact) mass is 386 g/mol. The van der Waals surface area contributed by atoms with Gasteiger partial charge in [-0.1, -0.05) is 29.8 Å². The topological polar surface area (TPSA) is 49.4 Å². The highest BCUT2D eigenvalue weighted by molar-refractivity contribution is 9.10. The van der Waals surface area contributed by atoms with Crippen LogP contribution in [0.3, 0.4) is 0 Å². The first-order valence-electron chi connectivity index (χ1n) is 7.88. The van der Waals surface area contributed by atoms with Crippen molar-refractivity contribution >= 4 is 39.1 Å². The number of rotatable bonds is 3. The van der Waals surface area contributed by atoms with E-state index in [2.05, 4.69) is 27.3 Å². The Morgan fingerprint density at radius 1 is 1.21 bits per heavy atom. The molecule has 0 saturated carbocycles. The highest BCUT2D eigenvalue weighted by atomic mass is 79.9. The molecule has 2 aromatic carbocycles. The van der Waals surface area contributed by atoms with Crippen LogP contribution in [0.2, 0.25) is 0 Å². The Balaban J connectivity index is 1.74. The van der Waals surface area contributed by atoms with Gasteiger partial charge in [0.25, 0.3) is 0 Å². The zero-order valence-electron chi connectivity index (χ0n) is 13.7. The summed E-state index contributed by atoms with van der Waals surface area (Å²) in [5.41, 5.74) is 3.82. The largest absolute Gasteiger partial charge is 0.325 e. The third-order valence-electron chi connectivity index (χ3n) is 4.27. The van der Waals surface area contributed by atoms with Crippen molar-refractivity contribution in [2.24, 2.45) is 5.92 Å². The number of anilines is 2. The summed E-state index contributed by atoms with van der Waals surface area (Å²) in [4.78, 5) is 26.6.